The van der Waals surface area contributed by atoms with Crippen LogP contribution in [0.25, 0.3) is 0 Å². The number of nitrogens with zero attached hydrogens (tertiary/aromatic N) is 3. The minimum atomic E-state index is -0.155. The van der Waals surface area contributed by atoms with Gasteiger partial charge in [-0.15, -0.1) is 0 Å². The summed E-state index contributed by atoms with van der Waals surface area (Å²) in [6, 6.07) is 8.22. The van der Waals surface area contributed by atoms with Gasteiger partial charge in [0.2, 0.25) is 11.8 Å². The number of anilines is 1. The molecule has 0 unspecified atom stereocenters. The van der Waals surface area contributed by atoms with Crippen LogP contribution < -0.4 is 4.90 Å². The number of likely N-dealkylation sites (tertiary alicyclic amines) is 1. The Morgan fingerprint density at radius 2 is 1.78 bits per heavy atom. The molecule has 2 saturated heterocycles. The van der Waals surface area contributed by atoms with Gasteiger partial charge >= 0.3 is 0 Å². The molecule has 3 aliphatic rings. The highest BCUT2D eigenvalue weighted by molar-refractivity contribution is 6.30. The van der Waals surface area contributed by atoms with E-state index in [9.17, 15) is 9.59 Å². The van der Waals surface area contributed by atoms with Crippen molar-refractivity contribution in [1.82, 2.24) is 9.80 Å². The maximum absolute atomic E-state index is 13.0. The molecule has 2 amide bonds. The second kappa shape index (κ2) is 8.09. The van der Waals surface area contributed by atoms with Gasteiger partial charge in [0.05, 0.1) is 5.92 Å². The molecular formula is C21H28ClN3O2. The van der Waals surface area contributed by atoms with E-state index in [4.69, 9.17) is 11.6 Å². The summed E-state index contributed by atoms with van der Waals surface area (Å²) in [5.41, 5.74) is 1.11. The Morgan fingerprint density at radius 1 is 1.04 bits per heavy atom. The number of piperazine rings is 1. The molecule has 0 bridgehead atoms. The SMILES string of the molecule is O=C([C@H]1CC(=O)N(C2CCCCC2)C1)N1CCN(c2cccc(Cl)c2)CC1. The molecule has 0 N–H and O–H groups in total. The molecule has 2 aliphatic heterocycles. The van der Waals surface area contributed by atoms with Crippen molar-refractivity contribution in [2.24, 2.45) is 5.92 Å². The molecule has 146 valence electrons. The first kappa shape index (κ1) is 18.6. The van der Waals surface area contributed by atoms with Crippen molar-refractivity contribution in [3.05, 3.63) is 29.3 Å². The van der Waals surface area contributed by atoms with Crippen LogP contribution in [0.1, 0.15) is 38.5 Å². The summed E-state index contributed by atoms with van der Waals surface area (Å²) in [6.07, 6.45) is 6.29. The number of rotatable bonds is 3. The van der Waals surface area contributed by atoms with E-state index < -0.39 is 0 Å². The van der Waals surface area contributed by atoms with Gasteiger partial charge in [-0.3, -0.25) is 9.59 Å². The molecule has 27 heavy (non-hydrogen) atoms. The standard InChI is InChI=1S/C21H28ClN3O2/c22-17-5-4-8-19(14-17)23-9-11-24(12-10-23)21(27)16-13-20(26)25(15-16)18-6-2-1-3-7-18/h4-5,8,14,16,18H,1-3,6-7,9-13,15H2/t16-/m0/s1. The van der Waals surface area contributed by atoms with E-state index in [0.29, 0.717) is 32.1 Å². The third-order valence-corrected chi connectivity index (χ3v) is 6.52. The zero-order valence-electron chi connectivity index (χ0n) is 15.8. The quantitative estimate of drug-likeness (QED) is 0.797. The van der Waals surface area contributed by atoms with Crippen LogP contribution in [-0.2, 0) is 9.59 Å². The van der Waals surface area contributed by atoms with Crippen LogP contribution in [0, 0.1) is 5.92 Å². The fourth-order valence-corrected chi connectivity index (χ4v) is 4.94. The number of benzene rings is 1. The first-order valence-corrected chi connectivity index (χ1v) is 10.6. The second-order valence-electron chi connectivity index (χ2n) is 8.03. The Kier molecular flexibility index (Phi) is 5.58. The molecule has 1 saturated carbocycles. The maximum Gasteiger partial charge on any atom is 0.228 e. The molecule has 0 spiro atoms. The highest BCUT2D eigenvalue weighted by Crippen LogP contribution is 2.30. The van der Waals surface area contributed by atoms with Crippen molar-refractivity contribution in [3.8, 4) is 0 Å². The van der Waals surface area contributed by atoms with Crippen molar-refractivity contribution in [3.63, 3.8) is 0 Å². The van der Waals surface area contributed by atoms with Crippen LogP contribution in [0.3, 0.4) is 0 Å². The van der Waals surface area contributed by atoms with E-state index in [-0.39, 0.29) is 17.7 Å². The minimum Gasteiger partial charge on any atom is -0.368 e. The Hall–Kier alpha value is -1.75. The lowest BCUT2D eigenvalue weighted by Crippen LogP contribution is -2.50. The van der Waals surface area contributed by atoms with E-state index in [1.165, 1.54) is 19.3 Å². The molecule has 1 aromatic rings. The summed E-state index contributed by atoms with van der Waals surface area (Å²) in [5, 5.41) is 0.735. The van der Waals surface area contributed by atoms with Gasteiger partial charge in [-0.2, -0.15) is 0 Å². The number of halogens is 1. The molecule has 1 atom stereocenters. The highest BCUT2D eigenvalue weighted by atomic mass is 35.5. The smallest absolute Gasteiger partial charge is 0.228 e. The van der Waals surface area contributed by atoms with Crippen molar-refractivity contribution in [2.45, 2.75) is 44.6 Å². The van der Waals surface area contributed by atoms with Crippen LogP contribution in [-0.4, -0.2) is 60.4 Å². The lowest BCUT2D eigenvalue weighted by Gasteiger charge is -2.37. The molecule has 1 aromatic carbocycles. The van der Waals surface area contributed by atoms with Crippen LogP contribution in [0.5, 0.6) is 0 Å². The van der Waals surface area contributed by atoms with E-state index >= 15 is 0 Å². The Bertz CT molecular complexity index is 696. The van der Waals surface area contributed by atoms with E-state index in [1.54, 1.807) is 0 Å². The van der Waals surface area contributed by atoms with Gasteiger partial charge in [0, 0.05) is 55.9 Å². The second-order valence-corrected chi connectivity index (χ2v) is 8.47. The number of hydrogen-bond donors (Lipinski definition) is 0. The van der Waals surface area contributed by atoms with Gasteiger partial charge in [-0.05, 0) is 31.0 Å². The predicted molar refractivity (Wildman–Crippen MR) is 107 cm³/mol. The van der Waals surface area contributed by atoms with Gasteiger partial charge < -0.3 is 14.7 Å². The van der Waals surface area contributed by atoms with Gasteiger partial charge in [-0.1, -0.05) is 36.9 Å². The molecule has 4 rings (SSSR count). The summed E-state index contributed by atoms with van der Waals surface area (Å²) in [5.74, 6) is 0.183. The fraction of sp³-hybridized carbons (Fsp3) is 0.619. The van der Waals surface area contributed by atoms with Gasteiger partial charge in [0.1, 0.15) is 0 Å². The molecular weight excluding hydrogens is 362 g/mol. The average molecular weight is 390 g/mol. The first-order chi connectivity index (χ1) is 13.1. The Labute approximate surface area is 166 Å². The maximum atomic E-state index is 13.0. The number of hydrogen-bond acceptors (Lipinski definition) is 3. The number of carbonyl (C=O) groups excluding carboxylic acids is 2. The monoisotopic (exact) mass is 389 g/mol. The van der Waals surface area contributed by atoms with Crippen LogP contribution >= 0.6 is 11.6 Å². The Morgan fingerprint density at radius 3 is 2.48 bits per heavy atom. The first-order valence-electron chi connectivity index (χ1n) is 10.2. The summed E-state index contributed by atoms with van der Waals surface area (Å²) >= 11 is 6.09. The van der Waals surface area contributed by atoms with Crippen molar-refractivity contribution >= 4 is 29.1 Å². The predicted octanol–water partition coefficient (Wildman–Crippen LogP) is 3.17. The van der Waals surface area contributed by atoms with Gasteiger partial charge in [-0.25, -0.2) is 0 Å². The highest BCUT2D eigenvalue weighted by Gasteiger charge is 2.40. The van der Waals surface area contributed by atoms with Gasteiger partial charge in [0.15, 0.2) is 0 Å². The van der Waals surface area contributed by atoms with E-state index in [2.05, 4.69) is 11.0 Å². The van der Waals surface area contributed by atoms with Crippen molar-refractivity contribution in [2.75, 3.05) is 37.6 Å². The summed E-state index contributed by atoms with van der Waals surface area (Å²) in [7, 11) is 0. The minimum absolute atomic E-state index is 0.155. The molecule has 1 aliphatic carbocycles. The zero-order chi connectivity index (χ0) is 18.8. The molecule has 6 heteroatoms. The van der Waals surface area contributed by atoms with Crippen LogP contribution in [0.4, 0.5) is 5.69 Å². The largest absolute Gasteiger partial charge is 0.368 e. The molecule has 0 aromatic heterocycles. The van der Waals surface area contributed by atoms with Crippen LogP contribution in [0.15, 0.2) is 24.3 Å². The fourth-order valence-electron chi connectivity index (χ4n) is 4.76. The lowest BCUT2D eigenvalue weighted by atomic mass is 9.94. The molecule has 5 nitrogen and oxygen atoms in total. The zero-order valence-corrected chi connectivity index (χ0v) is 16.5. The van der Waals surface area contributed by atoms with E-state index in [1.807, 2.05) is 28.0 Å². The van der Waals surface area contributed by atoms with E-state index in [0.717, 1.165) is 36.6 Å². The number of amides is 2. The third kappa shape index (κ3) is 4.08. The Balaban J connectivity index is 1.32. The number of carbonyl (C=O) groups is 2. The van der Waals surface area contributed by atoms with Crippen molar-refractivity contribution in [1.29, 1.82) is 0 Å². The summed E-state index contributed by atoms with van der Waals surface area (Å²) in [6.45, 7) is 3.65. The lowest BCUT2D eigenvalue weighted by molar-refractivity contribution is -0.136. The normalized spacial score (nSPS) is 24.6. The third-order valence-electron chi connectivity index (χ3n) is 6.29. The molecule has 0 radical (unpaired) electrons. The van der Waals surface area contributed by atoms with Crippen LogP contribution in [0.2, 0.25) is 5.02 Å². The van der Waals surface area contributed by atoms with Gasteiger partial charge in [0.25, 0.3) is 0 Å². The summed E-state index contributed by atoms with van der Waals surface area (Å²) < 4.78 is 0. The topological polar surface area (TPSA) is 43.9 Å². The molecule has 3 fully saturated rings. The average Bonchev–Trinajstić information content (AvgIpc) is 3.10. The molecule has 2 heterocycles. The van der Waals surface area contributed by atoms with Crippen molar-refractivity contribution < 1.29 is 9.59 Å². The summed E-state index contributed by atoms with van der Waals surface area (Å²) in [4.78, 5) is 31.7.